The van der Waals surface area contributed by atoms with Gasteiger partial charge in [-0.2, -0.15) is 4.99 Å². The standard InChI is InChI=1S/C18H22N4O5/c1-4-22-13-9-11(3)10(2)8-12(13)21(7-5-6-14(23)24)15-18(22,27)16(25)20-17(26)19-15/h8-9,27H,4-7H2,1-3H3,(H,23,24)(H,20,25,26)/t18-/m0/s1. The molecule has 2 heterocycles. The number of imide groups is 1. The minimum Gasteiger partial charge on any atom is -0.481 e. The van der Waals surface area contributed by atoms with Crippen LogP contribution in [0, 0.1) is 13.8 Å². The van der Waals surface area contributed by atoms with Gasteiger partial charge in [-0.25, -0.2) is 4.79 Å². The highest BCUT2D eigenvalue weighted by atomic mass is 16.4. The molecular weight excluding hydrogens is 352 g/mol. The van der Waals surface area contributed by atoms with Crippen molar-refractivity contribution in [3.05, 3.63) is 23.3 Å². The van der Waals surface area contributed by atoms with Crippen molar-refractivity contribution in [2.45, 2.75) is 39.3 Å². The number of benzene rings is 1. The third-order valence-electron chi connectivity index (χ3n) is 4.96. The molecule has 0 saturated carbocycles. The van der Waals surface area contributed by atoms with Crippen molar-refractivity contribution in [2.75, 3.05) is 22.9 Å². The van der Waals surface area contributed by atoms with Gasteiger partial charge in [-0.05, 0) is 50.5 Å². The highest BCUT2D eigenvalue weighted by molar-refractivity contribution is 6.29. The molecule has 9 heteroatoms. The maximum Gasteiger partial charge on any atom is 0.349 e. The van der Waals surface area contributed by atoms with Crippen LogP contribution in [0.25, 0.3) is 0 Å². The molecule has 0 aliphatic carbocycles. The first-order valence-electron chi connectivity index (χ1n) is 8.75. The molecule has 2 aliphatic rings. The van der Waals surface area contributed by atoms with Crippen molar-refractivity contribution in [3.8, 4) is 0 Å². The highest BCUT2D eigenvalue weighted by Crippen LogP contribution is 2.42. The van der Waals surface area contributed by atoms with E-state index < -0.39 is 23.6 Å². The van der Waals surface area contributed by atoms with Crippen LogP contribution in [0.5, 0.6) is 0 Å². The quantitative estimate of drug-likeness (QED) is 0.706. The van der Waals surface area contributed by atoms with Gasteiger partial charge in [-0.3, -0.25) is 14.9 Å². The van der Waals surface area contributed by atoms with E-state index in [1.807, 2.05) is 26.0 Å². The molecule has 3 amide bonds. The largest absolute Gasteiger partial charge is 0.481 e. The predicted molar refractivity (Wildman–Crippen MR) is 99.1 cm³/mol. The number of aliphatic imine (C=N–C) groups is 1. The summed E-state index contributed by atoms with van der Waals surface area (Å²) in [6.45, 7) is 6.15. The van der Waals surface area contributed by atoms with Crippen molar-refractivity contribution < 1.29 is 24.6 Å². The number of aliphatic carboxylic acids is 1. The van der Waals surface area contributed by atoms with Gasteiger partial charge in [0.1, 0.15) is 0 Å². The Hall–Kier alpha value is -2.94. The lowest BCUT2D eigenvalue weighted by molar-refractivity contribution is -0.137. The summed E-state index contributed by atoms with van der Waals surface area (Å²) in [7, 11) is 0. The van der Waals surface area contributed by atoms with Crippen molar-refractivity contribution in [2.24, 2.45) is 4.99 Å². The van der Waals surface area contributed by atoms with Crippen LogP contribution in [0.2, 0.25) is 0 Å². The smallest absolute Gasteiger partial charge is 0.349 e. The van der Waals surface area contributed by atoms with Gasteiger partial charge in [0.15, 0.2) is 5.84 Å². The first-order valence-corrected chi connectivity index (χ1v) is 8.75. The molecule has 0 bridgehead atoms. The van der Waals surface area contributed by atoms with Gasteiger partial charge in [-0.15, -0.1) is 0 Å². The van der Waals surface area contributed by atoms with Gasteiger partial charge >= 0.3 is 12.0 Å². The molecule has 1 atom stereocenters. The Kier molecular flexibility index (Phi) is 4.64. The summed E-state index contributed by atoms with van der Waals surface area (Å²) < 4.78 is 0. The number of carboxylic acids is 1. The zero-order valence-electron chi connectivity index (χ0n) is 15.4. The summed E-state index contributed by atoms with van der Waals surface area (Å²) in [5.41, 5.74) is 1.14. The van der Waals surface area contributed by atoms with Gasteiger partial charge in [0, 0.05) is 19.5 Å². The van der Waals surface area contributed by atoms with Crippen LogP contribution in [0.4, 0.5) is 16.2 Å². The number of aliphatic hydroxyl groups is 1. The minimum absolute atomic E-state index is 0.0833. The number of carboxylic acid groups (broad SMARTS) is 1. The zero-order valence-corrected chi connectivity index (χ0v) is 15.4. The molecule has 1 aromatic carbocycles. The fraction of sp³-hybridized carbons (Fsp3) is 0.444. The molecule has 9 nitrogen and oxygen atoms in total. The van der Waals surface area contributed by atoms with E-state index >= 15 is 0 Å². The molecule has 0 radical (unpaired) electrons. The fourth-order valence-electron chi connectivity index (χ4n) is 3.50. The first kappa shape index (κ1) is 18.8. The Labute approximate surface area is 156 Å². The number of aryl methyl sites for hydroxylation is 2. The van der Waals surface area contributed by atoms with Gasteiger partial charge in [0.25, 0.3) is 11.6 Å². The Morgan fingerprint density at radius 2 is 1.85 bits per heavy atom. The number of nitrogens with one attached hydrogen (secondary N) is 1. The topological polar surface area (TPSA) is 123 Å². The number of carbonyl (C=O) groups excluding carboxylic acids is 2. The second-order valence-corrected chi connectivity index (χ2v) is 6.69. The fourth-order valence-corrected chi connectivity index (χ4v) is 3.50. The molecule has 0 aromatic heterocycles. The van der Waals surface area contributed by atoms with E-state index in [4.69, 9.17) is 5.11 Å². The van der Waals surface area contributed by atoms with Gasteiger partial charge < -0.3 is 20.0 Å². The lowest BCUT2D eigenvalue weighted by atomic mass is 9.96. The van der Waals surface area contributed by atoms with Crippen LogP contribution in [0.1, 0.15) is 30.9 Å². The predicted octanol–water partition coefficient (Wildman–Crippen LogP) is 1.15. The Bertz CT molecular complexity index is 866. The number of nitrogens with zero attached hydrogens (tertiary/aromatic N) is 3. The van der Waals surface area contributed by atoms with Crippen molar-refractivity contribution >= 4 is 35.1 Å². The number of hydrogen-bond donors (Lipinski definition) is 3. The summed E-state index contributed by atoms with van der Waals surface area (Å²) in [5.74, 6) is -1.91. The molecule has 0 fully saturated rings. The van der Waals surface area contributed by atoms with E-state index in [2.05, 4.69) is 10.3 Å². The zero-order chi connectivity index (χ0) is 19.9. The second-order valence-electron chi connectivity index (χ2n) is 6.69. The lowest BCUT2D eigenvalue weighted by Crippen LogP contribution is -2.73. The molecule has 144 valence electrons. The third kappa shape index (κ3) is 2.93. The van der Waals surface area contributed by atoms with E-state index in [-0.39, 0.29) is 25.2 Å². The van der Waals surface area contributed by atoms with Crippen molar-refractivity contribution in [1.82, 2.24) is 5.32 Å². The normalized spacial score (nSPS) is 21.4. The summed E-state index contributed by atoms with van der Waals surface area (Å²) >= 11 is 0. The number of urea groups is 1. The second kappa shape index (κ2) is 6.66. The number of fused-ring (bicyclic) bond motifs is 2. The molecular formula is C18H22N4O5. The summed E-state index contributed by atoms with van der Waals surface area (Å²) in [6, 6.07) is 2.91. The Morgan fingerprint density at radius 3 is 2.44 bits per heavy atom. The summed E-state index contributed by atoms with van der Waals surface area (Å²) in [6.07, 6.45) is 0.179. The number of amidine groups is 1. The van der Waals surface area contributed by atoms with E-state index in [0.717, 1.165) is 11.1 Å². The average Bonchev–Trinajstić information content (AvgIpc) is 2.58. The van der Waals surface area contributed by atoms with Crippen molar-refractivity contribution in [3.63, 3.8) is 0 Å². The highest BCUT2D eigenvalue weighted by Gasteiger charge is 2.56. The maximum atomic E-state index is 12.6. The van der Waals surface area contributed by atoms with E-state index in [1.165, 1.54) is 4.90 Å². The molecule has 0 unspecified atom stereocenters. The van der Waals surface area contributed by atoms with E-state index in [1.54, 1.807) is 11.8 Å². The van der Waals surface area contributed by atoms with Gasteiger partial charge in [0.2, 0.25) is 0 Å². The van der Waals surface area contributed by atoms with Gasteiger partial charge in [-0.1, -0.05) is 0 Å². The SMILES string of the molecule is CCN1c2cc(C)c(C)cc2N(CCCC(=O)O)C2=NC(=O)NC(=O)[C@@]21O. The molecule has 2 aliphatic heterocycles. The number of anilines is 2. The Balaban J connectivity index is 2.20. The molecule has 0 saturated heterocycles. The van der Waals surface area contributed by atoms with Gasteiger partial charge in [0.05, 0.1) is 11.4 Å². The number of hydrogen-bond acceptors (Lipinski definition) is 6. The maximum absolute atomic E-state index is 12.6. The van der Waals surface area contributed by atoms with Crippen LogP contribution in [0.15, 0.2) is 17.1 Å². The summed E-state index contributed by atoms with van der Waals surface area (Å²) in [5, 5.41) is 22.3. The van der Waals surface area contributed by atoms with Crippen molar-refractivity contribution in [1.29, 1.82) is 0 Å². The third-order valence-corrected chi connectivity index (χ3v) is 4.96. The first-order chi connectivity index (χ1) is 12.7. The number of carbonyl (C=O) groups is 3. The van der Waals surface area contributed by atoms with Crippen LogP contribution in [-0.2, 0) is 9.59 Å². The molecule has 27 heavy (non-hydrogen) atoms. The molecule has 3 N–H and O–H groups in total. The van der Waals surface area contributed by atoms with Crippen LogP contribution < -0.4 is 15.1 Å². The van der Waals surface area contributed by atoms with Crippen LogP contribution >= 0.6 is 0 Å². The van der Waals surface area contributed by atoms with E-state index in [9.17, 15) is 19.5 Å². The number of rotatable bonds is 5. The average molecular weight is 374 g/mol. The Morgan fingerprint density at radius 1 is 1.22 bits per heavy atom. The number of amides is 3. The lowest BCUT2D eigenvalue weighted by Gasteiger charge is -2.49. The monoisotopic (exact) mass is 374 g/mol. The number of likely N-dealkylation sites (N-methyl/N-ethyl adjacent to an activating group) is 1. The molecule has 1 aromatic rings. The van der Waals surface area contributed by atoms with E-state index in [0.29, 0.717) is 17.9 Å². The molecule has 0 spiro atoms. The summed E-state index contributed by atoms with van der Waals surface area (Å²) in [4.78, 5) is 42.3. The minimum atomic E-state index is -2.14. The van der Waals surface area contributed by atoms with Crippen LogP contribution in [-0.4, -0.2) is 52.8 Å². The molecule has 3 rings (SSSR count). The van der Waals surface area contributed by atoms with Crippen LogP contribution in [0.3, 0.4) is 0 Å².